The Labute approximate surface area is 112 Å². The van der Waals surface area contributed by atoms with Gasteiger partial charge < -0.3 is 9.84 Å². The van der Waals surface area contributed by atoms with Gasteiger partial charge in [-0.2, -0.15) is 4.98 Å². The monoisotopic (exact) mass is 264 g/mol. The Morgan fingerprint density at radius 2 is 2.26 bits per heavy atom. The zero-order chi connectivity index (χ0) is 13.7. The molecule has 0 saturated carbocycles. The molecule has 0 bridgehead atoms. The smallest absolute Gasteiger partial charge is 0.248 e. The van der Waals surface area contributed by atoms with Crippen LogP contribution in [0, 0.1) is 0 Å². The van der Waals surface area contributed by atoms with Gasteiger partial charge in [-0.25, -0.2) is 4.68 Å². The van der Waals surface area contributed by atoms with E-state index in [1.807, 2.05) is 20.0 Å². The summed E-state index contributed by atoms with van der Waals surface area (Å²) in [6.07, 6.45) is 3.00. The number of aromatic nitrogens is 5. The van der Waals surface area contributed by atoms with E-state index in [4.69, 9.17) is 4.52 Å². The van der Waals surface area contributed by atoms with Gasteiger partial charge in [0.15, 0.2) is 5.82 Å². The van der Waals surface area contributed by atoms with Gasteiger partial charge in [0, 0.05) is 12.5 Å². The molecule has 0 saturated heterocycles. The van der Waals surface area contributed by atoms with Gasteiger partial charge in [-0.05, 0) is 13.0 Å². The Morgan fingerprint density at radius 1 is 1.42 bits per heavy atom. The highest BCUT2D eigenvalue weighted by atomic mass is 16.5. The Hall–Kier alpha value is -1.76. The van der Waals surface area contributed by atoms with Crippen LogP contribution in [0.15, 0.2) is 10.7 Å². The van der Waals surface area contributed by atoms with Crippen molar-refractivity contribution in [1.29, 1.82) is 0 Å². The summed E-state index contributed by atoms with van der Waals surface area (Å²) in [5.74, 6) is 1.55. The SMILES string of the molecule is CCCNCc1cn(Cc2nc(C(C)C)no2)nn1. The standard InChI is InChI=1S/C12H20N6O/c1-4-5-13-6-10-7-18(17-15-10)8-11-14-12(9(2)3)16-19-11/h7,9,13H,4-6,8H2,1-3H3. The topological polar surface area (TPSA) is 81.7 Å². The van der Waals surface area contributed by atoms with Crippen LogP contribution >= 0.6 is 0 Å². The van der Waals surface area contributed by atoms with Gasteiger partial charge in [0.2, 0.25) is 5.89 Å². The lowest BCUT2D eigenvalue weighted by Gasteiger charge is -1.97. The molecule has 7 heteroatoms. The molecule has 0 aliphatic heterocycles. The van der Waals surface area contributed by atoms with Gasteiger partial charge in [0.1, 0.15) is 6.54 Å². The van der Waals surface area contributed by atoms with Gasteiger partial charge in [-0.1, -0.05) is 31.1 Å². The summed E-state index contributed by atoms with van der Waals surface area (Å²) in [4.78, 5) is 4.31. The van der Waals surface area contributed by atoms with Crippen molar-refractivity contribution in [2.24, 2.45) is 0 Å². The Bertz CT molecular complexity index is 504. The minimum Gasteiger partial charge on any atom is -0.337 e. The van der Waals surface area contributed by atoms with Crippen LogP contribution in [0.2, 0.25) is 0 Å². The third-order valence-electron chi connectivity index (χ3n) is 2.62. The Balaban J connectivity index is 1.91. The van der Waals surface area contributed by atoms with E-state index in [1.165, 1.54) is 0 Å². The maximum atomic E-state index is 5.17. The zero-order valence-corrected chi connectivity index (χ0v) is 11.6. The Kier molecular flexibility index (Phi) is 4.62. The van der Waals surface area contributed by atoms with Crippen molar-refractivity contribution >= 4 is 0 Å². The molecule has 0 aliphatic rings. The van der Waals surface area contributed by atoms with Gasteiger partial charge >= 0.3 is 0 Å². The van der Waals surface area contributed by atoms with Crippen molar-refractivity contribution in [2.45, 2.75) is 46.2 Å². The summed E-state index contributed by atoms with van der Waals surface area (Å²) in [7, 11) is 0. The molecule has 2 heterocycles. The summed E-state index contributed by atoms with van der Waals surface area (Å²) in [5.41, 5.74) is 0.914. The maximum absolute atomic E-state index is 5.17. The van der Waals surface area contributed by atoms with E-state index in [-0.39, 0.29) is 5.92 Å². The highest BCUT2D eigenvalue weighted by Gasteiger charge is 2.10. The van der Waals surface area contributed by atoms with E-state index in [2.05, 4.69) is 32.7 Å². The van der Waals surface area contributed by atoms with Crippen molar-refractivity contribution in [2.75, 3.05) is 6.54 Å². The summed E-state index contributed by atoms with van der Waals surface area (Å²) >= 11 is 0. The first-order chi connectivity index (χ1) is 9.19. The van der Waals surface area contributed by atoms with Crippen LogP contribution in [0.1, 0.15) is 50.5 Å². The predicted octanol–water partition coefficient (Wildman–Crippen LogP) is 1.33. The fourth-order valence-corrected chi connectivity index (χ4v) is 1.60. The lowest BCUT2D eigenvalue weighted by atomic mass is 10.2. The second-order valence-electron chi connectivity index (χ2n) is 4.79. The molecule has 0 aromatic carbocycles. The lowest BCUT2D eigenvalue weighted by Crippen LogP contribution is -2.13. The fourth-order valence-electron chi connectivity index (χ4n) is 1.60. The number of rotatable bonds is 7. The van der Waals surface area contributed by atoms with Crippen molar-refractivity contribution in [3.05, 3.63) is 23.6 Å². The summed E-state index contributed by atoms with van der Waals surface area (Å²) in [6, 6.07) is 0. The first-order valence-electron chi connectivity index (χ1n) is 6.61. The molecule has 0 atom stereocenters. The van der Waals surface area contributed by atoms with E-state index in [0.717, 1.165) is 31.0 Å². The molecular weight excluding hydrogens is 244 g/mol. The molecule has 0 spiro atoms. The minimum absolute atomic E-state index is 0.266. The highest BCUT2D eigenvalue weighted by molar-refractivity contribution is 4.95. The van der Waals surface area contributed by atoms with Crippen LogP contribution in [0.25, 0.3) is 0 Å². The van der Waals surface area contributed by atoms with Gasteiger partial charge in [0.05, 0.1) is 11.9 Å². The lowest BCUT2D eigenvalue weighted by molar-refractivity contribution is 0.358. The van der Waals surface area contributed by atoms with Crippen molar-refractivity contribution in [1.82, 2.24) is 30.5 Å². The minimum atomic E-state index is 0.266. The van der Waals surface area contributed by atoms with Crippen LogP contribution in [-0.4, -0.2) is 31.7 Å². The largest absolute Gasteiger partial charge is 0.337 e. The number of hydrogen-bond donors (Lipinski definition) is 1. The van der Waals surface area contributed by atoms with E-state index in [9.17, 15) is 0 Å². The molecule has 0 fully saturated rings. The van der Waals surface area contributed by atoms with Gasteiger partial charge in [-0.3, -0.25) is 0 Å². The van der Waals surface area contributed by atoms with E-state index in [1.54, 1.807) is 4.68 Å². The first kappa shape index (κ1) is 13.7. The molecule has 0 amide bonds. The summed E-state index contributed by atoms with van der Waals surface area (Å²) in [5, 5.41) is 15.3. The Morgan fingerprint density at radius 3 is 2.95 bits per heavy atom. The quantitative estimate of drug-likeness (QED) is 0.760. The second kappa shape index (κ2) is 6.42. The molecule has 19 heavy (non-hydrogen) atoms. The average Bonchev–Trinajstić information content (AvgIpc) is 3.00. The fraction of sp³-hybridized carbons (Fsp3) is 0.667. The van der Waals surface area contributed by atoms with Crippen molar-refractivity contribution in [3.63, 3.8) is 0 Å². The number of nitrogens with zero attached hydrogens (tertiary/aromatic N) is 5. The van der Waals surface area contributed by atoms with E-state index >= 15 is 0 Å². The molecule has 2 aromatic heterocycles. The molecule has 0 unspecified atom stereocenters. The number of nitrogens with one attached hydrogen (secondary N) is 1. The molecule has 2 rings (SSSR count). The van der Waals surface area contributed by atoms with Crippen LogP contribution in [0.5, 0.6) is 0 Å². The number of hydrogen-bond acceptors (Lipinski definition) is 6. The highest BCUT2D eigenvalue weighted by Crippen LogP contribution is 2.10. The first-order valence-corrected chi connectivity index (χ1v) is 6.61. The van der Waals surface area contributed by atoms with Crippen LogP contribution in [0.3, 0.4) is 0 Å². The van der Waals surface area contributed by atoms with Gasteiger partial charge in [0.25, 0.3) is 0 Å². The van der Waals surface area contributed by atoms with Crippen LogP contribution < -0.4 is 5.32 Å². The summed E-state index contributed by atoms with van der Waals surface area (Å²) < 4.78 is 6.88. The predicted molar refractivity (Wildman–Crippen MR) is 69.5 cm³/mol. The molecular formula is C12H20N6O. The van der Waals surface area contributed by atoms with Crippen molar-refractivity contribution < 1.29 is 4.52 Å². The molecule has 1 N–H and O–H groups in total. The van der Waals surface area contributed by atoms with Gasteiger partial charge in [-0.15, -0.1) is 5.10 Å². The maximum Gasteiger partial charge on any atom is 0.248 e. The van der Waals surface area contributed by atoms with Crippen LogP contribution in [0.4, 0.5) is 0 Å². The average molecular weight is 264 g/mol. The molecule has 2 aromatic rings. The normalized spacial score (nSPS) is 11.4. The molecule has 7 nitrogen and oxygen atoms in total. The van der Waals surface area contributed by atoms with Crippen molar-refractivity contribution in [3.8, 4) is 0 Å². The van der Waals surface area contributed by atoms with E-state index < -0.39 is 0 Å². The van der Waals surface area contributed by atoms with Crippen LogP contribution in [-0.2, 0) is 13.1 Å². The zero-order valence-electron chi connectivity index (χ0n) is 11.6. The molecule has 104 valence electrons. The molecule has 0 radical (unpaired) electrons. The third kappa shape index (κ3) is 3.85. The third-order valence-corrected chi connectivity index (χ3v) is 2.62. The summed E-state index contributed by atoms with van der Waals surface area (Å²) in [6.45, 7) is 8.36. The second-order valence-corrected chi connectivity index (χ2v) is 4.79. The van der Waals surface area contributed by atoms with E-state index in [0.29, 0.717) is 12.4 Å². The molecule has 0 aliphatic carbocycles.